The normalized spacial score (nSPS) is 15.7. The van der Waals surface area contributed by atoms with Gasteiger partial charge in [-0.2, -0.15) is 0 Å². The van der Waals surface area contributed by atoms with Crippen LogP contribution in [0.4, 0.5) is 0 Å². The maximum Gasteiger partial charge on any atom is 0.261 e. The van der Waals surface area contributed by atoms with E-state index >= 15 is 0 Å². The molecular formula is C11H9ClN2O4. The number of amides is 2. The van der Waals surface area contributed by atoms with Crippen molar-refractivity contribution in [1.29, 1.82) is 0 Å². The first-order valence-corrected chi connectivity index (χ1v) is 5.74. The first-order valence-electron chi connectivity index (χ1n) is 5.21. The third-order valence-electron chi connectivity index (χ3n) is 2.75. The van der Waals surface area contributed by atoms with Crippen molar-refractivity contribution in [3.8, 4) is 0 Å². The zero-order chi connectivity index (χ0) is 13.3. The highest BCUT2D eigenvalue weighted by Gasteiger charge is 2.38. The molecule has 2 rings (SSSR count). The highest BCUT2D eigenvalue weighted by atomic mass is 35.5. The Morgan fingerprint density at radius 3 is 2.11 bits per heavy atom. The third kappa shape index (κ3) is 1.95. The van der Waals surface area contributed by atoms with Crippen LogP contribution < -0.4 is 0 Å². The Hall–Kier alpha value is -1.95. The molecule has 0 N–H and O–H groups in total. The lowest BCUT2D eigenvalue weighted by Crippen LogP contribution is -2.41. The van der Waals surface area contributed by atoms with E-state index in [1.54, 1.807) is 12.1 Å². The molecule has 0 spiro atoms. The molecule has 1 aromatic carbocycles. The Labute approximate surface area is 107 Å². The number of rotatable bonds is 4. The summed E-state index contributed by atoms with van der Waals surface area (Å²) in [6.45, 7) is -0.303. The molecule has 0 aromatic heterocycles. The van der Waals surface area contributed by atoms with Gasteiger partial charge in [0.05, 0.1) is 23.6 Å². The molecule has 1 heterocycles. The second kappa shape index (κ2) is 4.73. The topological polar surface area (TPSA) is 80.5 Å². The van der Waals surface area contributed by atoms with Crippen LogP contribution in [0.5, 0.6) is 0 Å². The molecule has 0 unspecified atom stereocenters. The van der Waals surface area contributed by atoms with Gasteiger partial charge in [0, 0.05) is 4.92 Å². The van der Waals surface area contributed by atoms with Gasteiger partial charge >= 0.3 is 0 Å². The minimum Gasteiger partial charge on any atom is -0.269 e. The lowest BCUT2D eigenvalue weighted by atomic mass is 10.1. The second-order valence-corrected chi connectivity index (χ2v) is 4.17. The standard InChI is InChI=1S/C11H9ClN2O4/c12-5-7(14(17)18)6-13-10(15)8-3-1-2-4-9(8)11(13)16/h1-4,7H,5-6H2/t7-/m1/s1. The molecule has 0 fully saturated rings. The fourth-order valence-electron chi connectivity index (χ4n) is 1.79. The van der Waals surface area contributed by atoms with Crippen LogP contribution in [0.15, 0.2) is 24.3 Å². The minimum absolute atomic E-state index is 0.250. The highest BCUT2D eigenvalue weighted by Crippen LogP contribution is 2.22. The number of halogens is 1. The van der Waals surface area contributed by atoms with Gasteiger partial charge in [0.2, 0.25) is 6.04 Å². The van der Waals surface area contributed by atoms with Gasteiger partial charge in [0.25, 0.3) is 11.8 Å². The van der Waals surface area contributed by atoms with Crippen molar-refractivity contribution in [3.05, 3.63) is 45.5 Å². The second-order valence-electron chi connectivity index (χ2n) is 3.86. The minimum atomic E-state index is -1.14. The van der Waals surface area contributed by atoms with E-state index in [0.717, 1.165) is 4.90 Å². The SMILES string of the molecule is O=C1c2ccccc2C(=O)N1C[C@@H](CCl)[N+](=O)[O-]. The molecule has 1 aromatic rings. The number of fused-ring (bicyclic) bond motifs is 1. The van der Waals surface area contributed by atoms with Gasteiger partial charge in [-0.1, -0.05) is 12.1 Å². The Morgan fingerprint density at radius 1 is 1.22 bits per heavy atom. The summed E-state index contributed by atoms with van der Waals surface area (Å²) in [7, 11) is 0. The Morgan fingerprint density at radius 2 is 1.72 bits per heavy atom. The molecule has 0 radical (unpaired) electrons. The largest absolute Gasteiger partial charge is 0.269 e. The summed E-state index contributed by atoms with van der Waals surface area (Å²) in [5, 5.41) is 10.7. The van der Waals surface area contributed by atoms with Gasteiger partial charge in [0.1, 0.15) is 0 Å². The van der Waals surface area contributed by atoms with Crippen LogP contribution in [0.25, 0.3) is 0 Å². The zero-order valence-electron chi connectivity index (χ0n) is 9.21. The predicted molar refractivity (Wildman–Crippen MR) is 63.3 cm³/mol. The first kappa shape index (κ1) is 12.5. The molecule has 0 bridgehead atoms. The summed E-state index contributed by atoms with van der Waals surface area (Å²) in [5.74, 6) is -1.26. The number of hydrogen-bond acceptors (Lipinski definition) is 4. The van der Waals surface area contributed by atoms with Crippen molar-refractivity contribution in [2.24, 2.45) is 0 Å². The van der Waals surface area contributed by atoms with E-state index in [1.807, 2.05) is 0 Å². The van der Waals surface area contributed by atoms with Crippen LogP contribution in [0.3, 0.4) is 0 Å². The quantitative estimate of drug-likeness (QED) is 0.355. The summed E-state index contributed by atoms with van der Waals surface area (Å²) in [6.07, 6.45) is 0. The van der Waals surface area contributed by atoms with Crippen molar-refractivity contribution in [2.45, 2.75) is 6.04 Å². The van der Waals surface area contributed by atoms with E-state index in [2.05, 4.69) is 0 Å². The number of nitro groups is 1. The van der Waals surface area contributed by atoms with Gasteiger partial charge in [-0.15, -0.1) is 11.6 Å². The van der Waals surface area contributed by atoms with Crippen LogP contribution in [-0.2, 0) is 0 Å². The summed E-state index contributed by atoms with van der Waals surface area (Å²) in [5.41, 5.74) is 0.554. The van der Waals surface area contributed by atoms with E-state index in [9.17, 15) is 19.7 Å². The van der Waals surface area contributed by atoms with Gasteiger partial charge in [0.15, 0.2) is 0 Å². The van der Waals surface area contributed by atoms with E-state index < -0.39 is 22.8 Å². The van der Waals surface area contributed by atoms with Gasteiger partial charge < -0.3 is 0 Å². The molecule has 1 aliphatic heterocycles. The van der Waals surface area contributed by atoms with Gasteiger partial charge in [-0.25, -0.2) is 0 Å². The molecule has 2 amide bonds. The lowest BCUT2D eigenvalue weighted by molar-refractivity contribution is -0.516. The molecular weight excluding hydrogens is 260 g/mol. The molecule has 6 nitrogen and oxygen atoms in total. The first-order chi connectivity index (χ1) is 8.56. The van der Waals surface area contributed by atoms with E-state index in [0.29, 0.717) is 0 Å². The maximum atomic E-state index is 11.9. The molecule has 0 saturated heterocycles. The van der Waals surface area contributed by atoms with Gasteiger partial charge in [-0.05, 0) is 12.1 Å². The monoisotopic (exact) mass is 268 g/mol. The van der Waals surface area contributed by atoms with Crippen molar-refractivity contribution < 1.29 is 14.5 Å². The van der Waals surface area contributed by atoms with Crippen molar-refractivity contribution in [2.75, 3.05) is 12.4 Å². The van der Waals surface area contributed by atoms with Crippen molar-refractivity contribution in [3.63, 3.8) is 0 Å². The van der Waals surface area contributed by atoms with Crippen LogP contribution >= 0.6 is 11.6 Å². The summed E-state index contributed by atoms with van der Waals surface area (Å²) in [4.78, 5) is 34.8. The number of benzene rings is 1. The number of nitrogens with zero attached hydrogens (tertiary/aromatic N) is 2. The maximum absolute atomic E-state index is 11.9. The summed E-state index contributed by atoms with van der Waals surface area (Å²) in [6, 6.07) is 5.18. The third-order valence-corrected chi connectivity index (χ3v) is 3.10. The van der Waals surface area contributed by atoms with Crippen LogP contribution in [-0.4, -0.2) is 40.1 Å². The number of carbonyl (C=O) groups excluding carboxylic acids is 2. The fraction of sp³-hybridized carbons (Fsp3) is 0.273. The van der Waals surface area contributed by atoms with Crippen molar-refractivity contribution in [1.82, 2.24) is 4.90 Å². The Kier molecular flexibility index (Phi) is 3.29. The van der Waals surface area contributed by atoms with Crippen LogP contribution in [0.2, 0.25) is 0 Å². The lowest BCUT2D eigenvalue weighted by Gasteiger charge is -2.15. The van der Waals surface area contributed by atoms with E-state index in [4.69, 9.17) is 11.6 Å². The van der Waals surface area contributed by atoms with Crippen LogP contribution in [0.1, 0.15) is 20.7 Å². The smallest absolute Gasteiger partial charge is 0.261 e. The molecule has 7 heteroatoms. The predicted octanol–water partition coefficient (Wildman–Crippen LogP) is 1.17. The molecule has 1 atom stereocenters. The number of carbonyl (C=O) groups is 2. The van der Waals surface area contributed by atoms with Gasteiger partial charge in [-0.3, -0.25) is 24.6 Å². The van der Waals surface area contributed by atoms with E-state index in [-0.39, 0.29) is 23.6 Å². The van der Waals surface area contributed by atoms with E-state index in [1.165, 1.54) is 12.1 Å². The number of imide groups is 1. The molecule has 94 valence electrons. The number of alkyl halides is 1. The Bertz CT molecular complexity index is 497. The molecule has 18 heavy (non-hydrogen) atoms. The molecule has 1 aliphatic rings. The zero-order valence-corrected chi connectivity index (χ0v) is 9.96. The highest BCUT2D eigenvalue weighted by molar-refractivity contribution is 6.21. The fourth-order valence-corrected chi connectivity index (χ4v) is 2.00. The summed E-state index contributed by atoms with van der Waals surface area (Å²) < 4.78 is 0. The average molecular weight is 269 g/mol. The summed E-state index contributed by atoms with van der Waals surface area (Å²) >= 11 is 5.46. The van der Waals surface area contributed by atoms with Crippen LogP contribution in [0, 0.1) is 10.1 Å². The molecule has 0 aliphatic carbocycles. The molecule has 0 saturated carbocycles. The average Bonchev–Trinajstić information content (AvgIpc) is 2.60. The van der Waals surface area contributed by atoms with Crippen molar-refractivity contribution >= 4 is 23.4 Å². The Balaban J connectivity index is 2.26. The number of hydrogen-bond donors (Lipinski definition) is 0.